The van der Waals surface area contributed by atoms with Gasteiger partial charge >= 0.3 is 12.3 Å². The first kappa shape index (κ1) is 21.5. The van der Waals surface area contributed by atoms with Gasteiger partial charge in [0.15, 0.2) is 5.96 Å². The first-order chi connectivity index (χ1) is 10.0. The predicted molar refractivity (Wildman–Crippen MR) is 72.3 cm³/mol. The Morgan fingerprint density at radius 2 is 1.77 bits per heavy atom. The molecule has 0 amide bonds. The summed E-state index contributed by atoms with van der Waals surface area (Å²) in [5.41, 5.74) is 9.08. The third kappa shape index (κ3) is 17.2. The van der Waals surface area contributed by atoms with E-state index in [0.717, 1.165) is 12.1 Å². The highest BCUT2D eigenvalue weighted by molar-refractivity contribution is 5.75. The van der Waals surface area contributed by atoms with Crippen molar-refractivity contribution >= 4 is 18.2 Å². The lowest BCUT2D eigenvalue weighted by Crippen LogP contribution is -2.20. The summed E-state index contributed by atoms with van der Waals surface area (Å²) in [5, 5.41) is 6.06. The van der Waals surface area contributed by atoms with Crippen LogP contribution >= 0.6 is 0 Å². The predicted octanol–water partition coefficient (Wildman–Crippen LogP) is 1.42. The van der Waals surface area contributed by atoms with E-state index >= 15 is 0 Å². The van der Waals surface area contributed by atoms with Gasteiger partial charge in [0, 0.05) is 12.5 Å². The second-order valence-electron chi connectivity index (χ2n) is 3.39. The fraction of sp³-hybridized carbons (Fsp3) is 0.250. The maximum absolute atomic E-state index is 11.7. The number of methoxy groups -OCH3 is 1. The number of nitrogens with one attached hydrogen (secondary N) is 1. The number of hydrogen-bond acceptors (Lipinski definition) is 5. The highest BCUT2D eigenvalue weighted by Gasteiger charge is 2.30. The maximum Gasteiger partial charge on any atom is 0.573 e. The summed E-state index contributed by atoms with van der Waals surface area (Å²) < 4.78 is 42.7. The van der Waals surface area contributed by atoms with Crippen molar-refractivity contribution in [1.29, 1.82) is 5.41 Å². The molecule has 0 aliphatic heterocycles. The van der Waals surface area contributed by atoms with Crippen LogP contribution in [0.3, 0.4) is 0 Å². The minimum absolute atomic E-state index is 0.141. The van der Waals surface area contributed by atoms with Crippen LogP contribution in [0, 0.1) is 5.41 Å². The van der Waals surface area contributed by atoms with E-state index in [1.165, 1.54) is 26.2 Å². The van der Waals surface area contributed by atoms with Crippen LogP contribution in [0.5, 0.6) is 5.75 Å². The van der Waals surface area contributed by atoms with Crippen LogP contribution in [-0.2, 0) is 9.53 Å². The maximum atomic E-state index is 11.7. The largest absolute Gasteiger partial charge is 0.573 e. The summed E-state index contributed by atoms with van der Waals surface area (Å²) in [6.45, 7) is 1.36. The minimum atomic E-state index is -4.72. The van der Waals surface area contributed by atoms with E-state index in [1.807, 2.05) is 0 Å². The number of aldehydes is 1. The van der Waals surface area contributed by atoms with Gasteiger partial charge in [0.05, 0.1) is 7.11 Å². The number of ether oxygens (including phenoxy) is 2. The Kier molecular flexibility index (Phi) is 10.7. The van der Waals surface area contributed by atoms with E-state index in [0.29, 0.717) is 6.29 Å². The fourth-order valence-corrected chi connectivity index (χ4v) is 0.785. The summed E-state index contributed by atoms with van der Waals surface area (Å²) in [6.07, 6.45) is -4.27. The molecule has 0 unspecified atom stereocenters. The Morgan fingerprint density at radius 3 is 2.09 bits per heavy atom. The molecule has 0 radical (unpaired) electrons. The van der Waals surface area contributed by atoms with Gasteiger partial charge in [0.1, 0.15) is 12.0 Å². The van der Waals surface area contributed by atoms with Crippen molar-refractivity contribution < 1.29 is 32.2 Å². The van der Waals surface area contributed by atoms with Gasteiger partial charge in [-0.1, -0.05) is 12.1 Å². The van der Waals surface area contributed by atoms with Crippen molar-refractivity contribution in [2.75, 3.05) is 7.11 Å². The molecule has 0 heterocycles. The normalized spacial score (nSPS) is 9.14. The van der Waals surface area contributed by atoms with Crippen LogP contribution in [0.25, 0.3) is 0 Å². The average molecular weight is 323 g/mol. The van der Waals surface area contributed by atoms with E-state index < -0.39 is 12.1 Å². The van der Waals surface area contributed by atoms with E-state index in [4.69, 9.17) is 5.41 Å². The molecule has 0 aromatic heterocycles. The van der Waals surface area contributed by atoms with Gasteiger partial charge < -0.3 is 20.9 Å². The van der Waals surface area contributed by atoms with E-state index in [-0.39, 0.29) is 17.5 Å². The van der Waals surface area contributed by atoms with Gasteiger partial charge in [0.25, 0.3) is 0 Å². The van der Waals surface area contributed by atoms with E-state index in [9.17, 15) is 22.8 Å². The minimum Gasteiger partial charge on any atom is -0.469 e. The van der Waals surface area contributed by atoms with Crippen molar-refractivity contribution in [1.82, 2.24) is 0 Å². The van der Waals surface area contributed by atoms with Crippen molar-refractivity contribution in [3.05, 3.63) is 29.8 Å². The van der Waals surface area contributed by atoms with Crippen molar-refractivity contribution in [2.24, 2.45) is 11.5 Å². The number of carbonyl (C=O) groups excluding carboxylic acids is 2. The van der Waals surface area contributed by atoms with Crippen molar-refractivity contribution in [3.63, 3.8) is 0 Å². The molecule has 0 aliphatic carbocycles. The fourth-order valence-electron chi connectivity index (χ4n) is 0.785. The van der Waals surface area contributed by atoms with Gasteiger partial charge in [0.2, 0.25) is 0 Å². The van der Waals surface area contributed by atoms with Gasteiger partial charge in [-0.15, -0.1) is 13.2 Å². The van der Waals surface area contributed by atoms with E-state index in [1.54, 1.807) is 0 Å². The molecule has 0 saturated heterocycles. The molecule has 0 spiro atoms. The first-order valence-electron chi connectivity index (χ1n) is 5.46. The number of rotatable bonds is 2. The zero-order valence-electron chi connectivity index (χ0n) is 11.8. The van der Waals surface area contributed by atoms with Crippen molar-refractivity contribution in [2.45, 2.75) is 13.3 Å². The number of halogens is 3. The Hall–Kier alpha value is -2.78. The molecule has 0 saturated carbocycles. The standard InChI is InChI=1S/C8H5F3O2.C3H6O2.CH5N3/c9-8(10,11)13-7-3-1-2-6(4-7)5-12;1-3(4)5-2;2-1(3)4/h1-5H;1-2H3;(H5,2,3,4). The first-order valence-corrected chi connectivity index (χ1v) is 5.46. The summed E-state index contributed by atoms with van der Waals surface area (Å²) in [5.74, 6) is -0.970. The van der Waals surface area contributed by atoms with E-state index in [2.05, 4.69) is 20.9 Å². The monoisotopic (exact) mass is 323 g/mol. The molecule has 0 atom stereocenters. The molecule has 7 nitrogen and oxygen atoms in total. The third-order valence-electron chi connectivity index (χ3n) is 1.52. The number of nitrogens with two attached hydrogens (primary N) is 2. The molecular formula is C12H16F3N3O4. The number of hydrogen-bond donors (Lipinski definition) is 3. The Balaban J connectivity index is 0. The lowest BCUT2D eigenvalue weighted by atomic mass is 10.2. The SMILES string of the molecule is COC(C)=O.N=C(N)N.O=Cc1cccc(OC(F)(F)F)c1. The second-order valence-corrected chi connectivity index (χ2v) is 3.39. The van der Waals surface area contributed by atoms with Crippen LogP contribution in [-0.4, -0.2) is 31.7 Å². The molecule has 124 valence electrons. The molecule has 1 aromatic carbocycles. The zero-order valence-corrected chi connectivity index (χ0v) is 11.8. The van der Waals surface area contributed by atoms with Gasteiger partial charge in [-0.05, 0) is 12.1 Å². The van der Waals surface area contributed by atoms with Crippen molar-refractivity contribution in [3.8, 4) is 5.75 Å². The zero-order chi connectivity index (χ0) is 17.8. The highest BCUT2D eigenvalue weighted by atomic mass is 19.4. The Bertz CT molecular complexity index is 489. The van der Waals surface area contributed by atoms with Crippen LogP contribution in [0.2, 0.25) is 0 Å². The van der Waals surface area contributed by atoms with Gasteiger partial charge in [-0.3, -0.25) is 15.0 Å². The molecule has 1 aromatic rings. The number of benzene rings is 1. The molecule has 22 heavy (non-hydrogen) atoms. The molecule has 0 bridgehead atoms. The number of esters is 1. The Labute approximate surface area is 124 Å². The molecule has 0 aliphatic rings. The average Bonchev–Trinajstić information content (AvgIpc) is 2.37. The lowest BCUT2D eigenvalue weighted by molar-refractivity contribution is -0.274. The number of alkyl halides is 3. The Morgan fingerprint density at radius 1 is 1.32 bits per heavy atom. The summed E-state index contributed by atoms with van der Waals surface area (Å²) in [7, 11) is 1.35. The lowest BCUT2D eigenvalue weighted by Gasteiger charge is -2.08. The van der Waals surface area contributed by atoms with Crippen LogP contribution in [0.4, 0.5) is 13.2 Å². The highest BCUT2D eigenvalue weighted by Crippen LogP contribution is 2.22. The topological polar surface area (TPSA) is 128 Å². The molecule has 5 N–H and O–H groups in total. The summed E-state index contributed by atoms with van der Waals surface area (Å²) >= 11 is 0. The molecule has 0 fully saturated rings. The molecule has 10 heteroatoms. The third-order valence-corrected chi connectivity index (χ3v) is 1.52. The van der Waals surface area contributed by atoms with Crippen LogP contribution in [0.15, 0.2) is 24.3 Å². The van der Waals surface area contributed by atoms with Gasteiger partial charge in [-0.2, -0.15) is 0 Å². The number of guanidine groups is 1. The number of carbonyl (C=O) groups is 2. The quantitative estimate of drug-likeness (QED) is 0.327. The van der Waals surface area contributed by atoms with Gasteiger partial charge in [-0.25, -0.2) is 0 Å². The molecule has 1 rings (SSSR count). The summed E-state index contributed by atoms with van der Waals surface area (Å²) in [4.78, 5) is 19.8. The van der Waals surface area contributed by atoms with Crippen LogP contribution in [0.1, 0.15) is 17.3 Å². The molecular weight excluding hydrogens is 307 g/mol. The summed E-state index contributed by atoms with van der Waals surface area (Å²) in [6, 6.07) is 4.84. The van der Waals surface area contributed by atoms with Crippen LogP contribution < -0.4 is 16.2 Å². The second kappa shape index (κ2) is 10.9. The smallest absolute Gasteiger partial charge is 0.469 e.